The number of para-hydroxylation sites is 1. The van der Waals surface area contributed by atoms with Gasteiger partial charge in [-0.25, -0.2) is 9.79 Å². The minimum Gasteiger partial charge on any atom is -0.488 e. The Balaban J connectivity index is 1.41. The fourth-order valence-electron chi connectivity index (χ4n) is 5.34. The van der Waals surface area contributed by atoms with Crippen molar-refractivity contribution in [1.82, 2.24) is 4.57 Å². The third kappa shape index (κ3) is 5.68. The Morgan fingerprint density at radius 1 is 1.00 bits per heavy atom. The predicted octanol–water partition coefficient (Wildman–Crippen LogP) is 6.25. The van der Waals surface area contributed by atoms with Gasteiger partial charge in [-0.3, -0.25) is 9.36 Å². The third-order valence-electron chi connectivity index (χ3n) is 7.42. The lowest BCUT2D eigenvalue weighted by atomic mass is 9.96. The van der Waals surface area contributed by atoms with Crippen LogP contribution >= 0.6 is 23.1 Å². The number of hydrogen-bond donors (Lipinski definition) is 0. The number of carbonyl (C=O) groups excluding carboxylic acids is 1. The van der Waals surface area contributed by atoms with Crippen molar-refractivity contribution < 1.29 is 14.3 Å². The van der Waals surface area contributed by atoms with Crippen LogP contribution < -0.4 is 19.6 Å². The lowest BCUT2D eigenvalue weighted by molar-refractivity contribution is -0.139. The average molecular weight is 607 g/mol. The molecule has 0 radical (unpaired) electrons. The van der Waals surface area contributed by atoms with Crippen LogP contribution in [0.2, 0.25) is 0 Å². The summed E-state index contributed by atoms with van der Waals surface area (Å²) < 4.78 is 13.9. The number of rotatable bonds is 8. The number of esters is 1. The molecule has 1 aliphatic rings. The molecule has 0 aliphatic carbocycles. The topological polar surface area (TPSA) is 69.9 Å². The summed E-state index contributed by atoms with van der Waals surface area (Å²) in [5.74, 6) is 0.207. The molecule has 0 saturated heterocycles. The number of allylic oxidation sites excluding steroid dienone is 1. The Morgan fingerprint density at radius 2 is 1.74 bits per heavy atom. The summed E-state index contributed by atoms with van der Waals surface area (Å²) in [6.45, 7) is 4.18. The van der Waals surface area contributed by atoms with Gasteiger partial charge in [0.05, 0.1) is 28.5 Å². The molecular formula is C35H30N2O4S2. The molecule has 43 heavy (non-hydrogen) atoms. The van der Waals surface area contributed by atoms with E-state index in [9.17, 15) is 9.59 Å². The average Bonchev–Trinajstić information content (AvgIpc) is 3.33. The van der Waals surface area contributed by atoms with E-state index in [-0.39, 0.29) is 12.2 Å². The van der Waals surface area contributed by atoms with Gasteiger partial charge in [-0.05, 0) is 66.3 Å². The number of benzene rings is 4. The molecule has 8 heteroatoms. The second kappa shape index (κ2) is 12.5. The van der Waals surface area contributed by atoms with Crippen LogP contribution in [0, 0.1) is 0 Å². The number of thiazole rings is 1. The molecule has 0 amide bonds. The van der Waals surface area contributed by atoms with E-state index in [0.717, 1.165) is 32.4 Å². The smallest absolute Gasteiger partial charge is 0.338 e. The number of nitrogens with zero attached hydrogens (tertiary/aromatic N) is 2. The van der Waals surface area contributed by atoms with Crippen molar-refractivity contribution in [3.8, 4) is 5.75 Å². The zero-order valence-corrected chi connectivity index (χ0v) is 25.7. The molecule has 1 aromatic heterocycles. The van der Waals surface area contributed by atoms with Crippen molar-refractivity contribution in [2.45, 2.75) is 31.4 Å². The molecule has 0 fully saturated rings. The van der Waals surface area contributed by atoms with Crippen molar-refractivity contribution in [2.75, 3.05) is 12.9 Å². The second-order valence-electron chi connectivity index (χ2n) is 10.0. The van der Waals surface area contributed by atoms with E-state index in [0.29, 0.717) is 33.0 Å². The molecule has 5 aromatic rings. The molecule has 1 aliphatic heterocycles. The second-order valence-corrected chi connectivity index (χ2v) is 11.9. The van der Waals surface area contributed by atoms with E-state index < -0.39 is 12.0 Å². The molecule has 6 rings (SSSR count). The van der Waals surface area contributed by atoms with Crippen LogP contribution in [0.5, 0.6) is 5.75 Å². The van der Waals surface area contributed by atoms with Crippen LogP contribution in [0.15, 0.2) is 117 Å². The number of ether oxygens (including phenoxy) is 2. The van der Waals surface area contributed by atoms with Crippen LogP contribution in [0.25, 0.3) is 16.8 Å². The molecule has 4 aromatic carbocycles. The van der Waals surface area contributed by atoms with Gasteiger partial charge in [0.2, 0.25) is 0 Å². The summed E-state index contributed by atoms with van der Waals surface area (Å²) in [6.07, 6.45) is 3.86. The quantitative estimate of drug-likeness (QED) is 0.154. The van der Waals surface area contributed by atoms with Gasteiger partial charge in [-0.1, -0.05) is 84.1 Å². The molecule has 0 saturated carbocycles. The molecule has 0 bridgehead atoms. The number of fused-ring (bicyclic) bond motifs is 2. The largest absolute Gasteiger partial charge is 0.488 e. The molecule has 216 valence electrons. The highest BCUT2D eigenvalue weighted by Crippen LogP contribution is 2.32. The van der Waals surface area contributed by atoms with Gasteiger partial charge in [-0.15, -0.1) is 11.8 Å². The molecule has 0 spiro atoms. The van der Waals surface area contributed by atoms with Crippen LogP contribution in [0.3, 0.4) is 0 Å². The summed E-state index contributed by atoms with van der Waals surface area (Å²) >= 11 is 2.93. The summed E-state index contributed by atoms with van der Waals surface area (Å²) in [7, 11) is 0. The SMILES string of the molecule is CCOC(=O)C1=C(C)N=c2s/c(=C\c3ccccc3OCc3cccc4ccccc34)c(=O)n2C1c1ccc(SC)cc1. The standard InChI is InChI=1S/C35H30N2O4S2/c1-4-40-34(39)31-22(2)36-35-37(32(31)24-16-18-27(42-3)19-17-24)33(38)30(43-35)20-25-11-6-8-15-29(25)41-21-26-13-9-12-23-10-5-7-14-28(23)26/h5-20,32H,4,21H2,1-3H3/b30-20-. The van der Waals surface area contributed by atoms with Gasteiger partial charge in [0.15, 0.2) is 4.80 Å². The van der Waals surface area contributed by atoms with E-state index in [1.807, 2.05) is 79.1 Å². The number of aromatic nitrogens is 1. The Labute approximate surface area is 257 Å². The van der Waals surface area contributed by atoms with Crippen molar-refractivity contribution in [3.63, 3.8) is 0 Å². The van der Waals surface area contributed by atoms with Crippen molar-refractivity contribution in [3.05, 3.63) is 139 Å². The van der Waals surface area contributed by atoms with E-state index in [2.05, 4.69) is 24.3 Å². The Kier molecular flexibility index (Phi) is 8.31. The molecular weight excluding hydrogens is 577 g/mol. The van der Waals surface area contributed by atoms with E-state index in [1.165, 1.54) is 11.3 Å². The van der Waals surface area contributed by atoms with Crippen LogP contribution in [0.1, 0.15) is 36.6 Å². The van der Waals surface area contributed by atoms with Crippen molar-refractivity contribution in [1.29, 1.82) is 0 Å². The van der Waals surface area contributed by atoms with Crippen molar-refractivity contribution in [2.24, 2.45) is 4.99 Å². The van der Waals surface area contributed by atoms with Gasteiger partial charge in [0.1, 0.15) is 12.4 Å². The first-order valence-electron chi connectivity index (χ1n) is 14.0. The maximum absolute atomic E-state index is 14.1. The van der Waals surface area contributed by atoms with E-state index in [1.54, 1.807) is 30.2 Å². The first-order valence-corrected chi connectivity index (χ1v) is 16.0. The zero-order valence-electron chi connectivity index (χ0n) is 24.1. The monoisotopic (exact) mass is 606 g/mol. The molecule has 0 N–H and O–H groups in total. The van der Waals surface area contributed by atoms with Gasteiger partial charge < -0.3 is 9.47 Å². The third-order valence-corrected chi connectivity index (χ3v) is 9.14. The first kappa shape index (κ1) is 28.7. The maximum atomic E-state index is 14.1. The van der Waals surface area contributed by atoms with Crippen molar-refractivity contribution >= 4 is 45.9 Å². The van der Waals surface area contributed by atoms with Gasteiger partial charge >= 0.3 is 5.97 Å². The van der Waals surface area contributed by atoms with E-state index in [4.69, 9.17) is 14.5 Å². The Hall–Kier alpha value is -4.40. The normalized spacial score (nSPS) is 14.9. The summed E-state index contributed by atoms with van der Waals surface area (Å²) in [6, 6.07) is 29.4. The predicted molar refractivity (Wildman–Crippen MR) is 173 cm³/mol. The molecule has 6 nitrogen and oxygen atoms in total. The highest BCUT2D eigenvalue weighted by atomic mass is 32.2. The minimum absolute atomic E-state index is 0.221. The molecule has 1 atom stereocenters. The molecule has 2 heterocycles. The fraction of sp³-hybridized carbons (Fsp3) is 0.171. The first-order chi connectivity index (χ1) is 21.0. The Bertz CT molecular complexity index is 2040. The van der Waals surface area contributed by atoms with Gasteiger partial charge in [0, 0.05) is 10.5 Å². The van der Waals surface area contributed by atoms with Crippen LogP contribution in [-0.4, -0.2) is 23.4 Å². The highest BCUT2D eigenvalue weighted by molar-refractivity contribution is 7.98. The lowest BCUT2D eigenvalue weighted by Crippen LogP contribution is -2.39. The zero-order chi connectivity index (χ0) is 29.9. The number of thioether (sulfide) groups is 1. The lowest BCUT2D eigenvalue weighted by Gasteiger charge is -2.24. The number of carbonyl (C=O) groups is 1. The molecule has 1 unspecified atom stereocenters. The van der Waals surface area contributed by atoms with Gasteiger partial charge in [-0.2, -0.15) is 0 Å². The number of hydrogen-bond acceptors (Lipinski definition) is 7. The fourth-order valence-corrected chi connectivity index (χ4v) is 6.79. The minimum atomic E-state index is -0.647. The Morgan fingerprint density at radius 3 is 2.53 bits per heavy atom. The summed E-state index contributed by atoms with van der Waals surface area (Å²) in [5.41, 5.74) is 3.39. The summed E-state index contributed by atoms with van der Waals surface area (Å²) in [4.78, 5) is 33.6. The maximum Gasteiger partial charge on any atom is 0.338 e. The highest BCUT2D eigenvalue weighted by Gasteiger charge is 2.33. The van der Waals surface area contributed by atoms with E-state index >= 15 is 0 Å². The van der Waals surface area contributed by atoms with Gasteiger partial charge in [0.25, 0.3) is 5.56 Å². The summed E-state index contributed by atoms with van der Waals surface area (Å²) in [5, 5.41) is 2.31. The van der Waals surface area contributed by atoms with Crippen LogP contribution in [0.4, 0.5) is 0 Å². The van der Waals surface area contributed by atoms with Crippen LogP contribution in [-0.2, 0) is 16.1 Å².